The fraction of sp³-hybridized carbons (Fsp3) is 0.357. The summed E-state index contributed by atoms with van der Waals surface area (Å²) in [5.74, 6) is 0.957. The van der Waals surface area contributed by atoms with Gasteiger partial charge in [0.25, 0.3) is 0 Å². The molecule has 1 aromatic carbocycles. The van der Waals surface area contributed by atoms with Crippen LogP contribution in [-0.2, 0) is 0 Å². The van der Waals surface area contributed by atoms with Crippen molar-refractivity contribution in [3.8, 4) is 6.07 Å². The fourth-order valence-corrected chi connectivity index (χ4v) is 2.73. The van der Waals surface area contributed by atoms with Gasteiger partial charge in [0, 0.05) is 35.1 Å². The Morgan fingerprint density at radius 3 is 2.84 bits per heavy atom. The number of hydrogen-bond acceptors (Lipinski definition) is 4. The highest BCUT2D eigenvalue weighted by Gasteiger charge is 2.20. The van der Waals surface area contributed by atoms with Gasteiger partial charge >= 0.3 is 0 Å². The Hall–Kier alpha value is -1.67. The maximum Gasteiger partial charge on any atom is 0.225 e. The monoisotopic (exact) mass is 316 g/mol. The number of nitriles is 1. The molecule has 0 saturated carbocycles. The lowest BCUT2D eigenvalue weighted by molar-refractivity contribution is 0.482. The van der Waals surface area contributed by atoms with Gasteiger partial charge in [0.1, 0.15) is 0 Å². The van der Waals surface area contributed by atoms with Crippen molar-refractivity contribution in [2.75, 3.05) is 18.0 Å². The first kappa shape index (κ1) is 12.4. The molecule has 2 aromatic rings. The van der Waals surface area contributed by atoms with Crippen molar-refractivity contribution < 1.29 is 0 Å². The first-order valence-electron chi connectivity index (χ1n) is 6.33. The van der Waals surface area contributed by atoms with Crippen LogP contribution in [0.25, 0.3) is 10.9 Å². The van der Waals surface area contributed by atoms with Crippen molar-refractivity contribution in [2.45, 2.75) is 12.8 Å². The van der Waals surface area contributed by atoms with E-state index in [-0.39, 0.29) is 5.92 Å². The lowest BCUT2D eigenvalue weighted by Crippen LogP contribution is -2.34. The third kappa shape index (κ3) is 2.54. The van der Waals surface area contributed by atoms with Gasteiger partial charge in [0.05, 0.1) is 11.6 Å². The SMILES string of the molecule is N#CC1CCN(c2ncc3cc(Br)ccc3n2)CC1. The molecule has 0 bridgehead atoms. The van der Waals surface area contributed by atoms with Gasteiger partial charge in [-0.05, 0) is 31.0 Å². The highest BCUT2D eigenvalue weighted by Crippen LogP contribution is 2.23. The lowest BCUT2D eigenvalue weighted by atomic mass is 9.99. The third-order valence-electron chi connectivity index (χ3n) is 3.49. The van der Waals surface area contributed by atoms with Crippen molar-refractivity contribution in [3.63, 3.8) is 0 Å². The molecule has 0 atom stereocenters. The summed E-state index contributed by atoms with van der Waals surface area (Å²) in [4.78, 5) is 11.2. The number of piperidine rings is 1. The van der Waals surface area contributed by atoms with Gasteiger partial charge in [-0.15, -0.1) is 0 Å². The maximum atomic E-state index is 8.91. The molecule has 0 amide bonds. The maximum absolute atomic E-state index is 8.91. The minimum atomic E-state index is 0.188. The van der Waals surface area contributed by atoms with Gasteiger partial charge in [-0.2, -0.15) is 5.26 Å². The minimum absolute atomic E-state index is 0.188. The molecule has 4 nitrogen and oxygen atoms in total. The van der Waals surface area contributed by atoms with E-state index in [1.54, 1.807) is 0 Å². The predicted octanol–water partition coefficient (Wildman–Crippen LogP) is 3.13. The first-order chi connectivity index (χ1) is 9.26. The van der Waals surface area contributed by atoms with E-state index in [0.717, 1.165) is 47.3 Å². The Morgan fingerprint density at radius 2 is 2.11 bits per heavy atom. The molecule has 19 heavy (non-hydrogen) atoms. The Kier molecular flexibility index (Phi) is 3.34. The number of halogens is 1. The van der Waals surface area contributed by atoms with Gasteiger partial charge in [-0.1, -0.05) is 15.9 Å². The molecular weight excluding hydrogens is 304 g/mol. The minimum Gasteiger partial charge on any atom is -0.341 e. The second-order valence-corrected chi connectivity index (χ2v) is 5.68. The molecule has 96 valence electrons. The van der Waals surface area contributed by atoms with Crippen LogP contribution in [0.3, 0.4) is 0 Å². The molecular formula is C14H13BrN4. The first-order valence-corrected chi connectivity index (χ1v) is 7.12. The average Bonchev–Trinajstić information content (AvgIpc) is 2.47. The normalized spacial score (nSPS) is 16.5. The molecule has 0 spiro atoms. The Bertz CT molecular complexity index is 641. The molecule has 1 saturated heterocycles. The van der Waals surface area contributed by atoms with Crippen molar-refractivity contribution in [3.05, 3.63) is 28.9 Å². The molecule has 3 rings (SSSR count). The van der Waals surface area contributed by atoms with Crippen LogP contribution in [0, 0.1) is 17.2 Å². The fourth-order valence-electron chi connectivity index (χ4n) is 2.36. The van der Waals surface area contributed by atoms with E-state index in [0.29, 0.717) is 0 Å². The molecule has 5 heteroatoms. The summed E-state index contributed by atoms with van der Waals surface area (Å²) in [6.07, 6.45) is 3.66. The zero-order chi connectivity index (χ0) is 13.2. The van der Waals surface area contributed by atoms with Crippen LogP contribution in [0.15, 0.2) is 28.9 Å². The average molecular weight is 317 g/mol. The highest BCUT2D eigenvalue weighted by atomic mass is 79.9. The Balaban J connectivity index is 1.86. The summed E-state index contributed by atoms with van der Waals surface area (Å²) in [5.41, 5.74) is 0.954. The van der Waals surface area contributed by atoms with Crippen molar-refractivity contribution in [2.24, 2.45) is 5.92 Å². The van der Waals surface area contributed by atoms with Crippen molar-refractivity contribution in [1.29, 1.82) is 5.26 Å². The van der Waals surface area contributed by atoms with Gasteiger partial charge < -0.3 is 4.90 Å². The van der Waals surface area contributed by atoms with E-state index in [1.807, 2.05) is 24.4 Å². The number of nitrogens with zero attached hydrogens (tertiary/aromatic N) is 4. The van der Waals surface area contributed by atoms with Gasteiger partial charge in [0.15, 0.2) is 0 Å². The van der Waals surface area contributed by atoms with Crippen LogP contribution in [0.5, 0.6) is 0 Å². The third-order valence-corrected chi connectivity index (χ3v) is 3.98. The summed E-state index contributed by atoms with van der Waals surface area (Å²) in [6.45, 7) is 1.72. The molecule has 2 heterocycles. The van der Waals surface area contributed by atoms with E-state index in [4.69, 9.17) is 5.26 Å². The number of fused-ring (bicyclic) bond motifs is 1. The van der Waals surface area contributed by atoms with Crippen LogP contribution in [0.1, 0.15) is 12.8 Å². The number of anilines is 1. The van der Waals surface area contributed by atoms with Gasteiger partial charge in [-0.25, -0.2) is 9.97 Å². The van der Waals surface area contributed by atoms with Crippen LogP contribution in [0.4, 0.5) is 5.95 Å². The number of aromatic nitrogens is 2. The standard InChI is InChI=1S/C14H13BrN4/c15-12-1-2-13-11(7-12)9-17-14(18-13)19-5-3-10(8-16)4-6-19/h1-2,7,9-10H,3-6H2. The molecule has 0 aliphatic carbocycles. The lowest BCUT2D eigenvalue weighted by Gasteiger charge is -2.29. The summed E-state index contributed by atoms with van der Waals surface area (Å²) in [7, 11) is 0. The zero-order valence-corrected chi connectivity index (χ0v) is 12.0. The topological polar surface area (TPSA) is 52.8 Å². The van der Waals surface area contributed by atoms with Gasteiger partial charge in [0.2, 0.25) is 5.95 Å². The summed E-state index contributed by atoms with van der Waals surface area (Å²) in [5, 5.41) is 9.94. The van der Waals surface area contributed by atoms with Crippen LogP contribution in [0.2, 0.25) is 0 Å². The molecule has 1 aromatic heterocycles. The Labute approximate surface area is 120 Å². The van der Waals surface area contributed by atoms with Gasteiger partial charge in [-0.3, -0.25) is 0 Å². The van der Waals surface area contributed by atoms with Crippen LogP contribution >= 0.6 is 15.9 Å². The second kappa shape index (κ2) is 5.14. The highest BCUT2D eigenvalue weighted by molar-refractivity contribution is 9.10. The molecule has 0 N–H and O–H groups in total. The largest absolute Gasteiger partial charge is 0.341 e. The van der Waals surface area contributed by atoms with Crippen molar-refractivity contribution >= 4 is 32.8 Å². The summed E-state index contributed by atoms with van der Waals surface area (Å²) < 4.78 is 1.03. The van der Waals surface area contributed by atoms with E-state index in [2.05, 4.69) is 36.9 Å². The molecule has 1 aliphatic heterocycles. The second-order valence-electron chi connectivity index (χ2n) is 4.76. The van der Waals surface area contributed by atoms with E-state index >= 15 is 0 Å². The summed E-state index contributed by atoms with van der Waals surface area (Å²) >= 11 is 3.45. The Morgan fingerprint density at radius 1 is 1.32 bits per heavy atom. The number of benzene rings is 1. The molecule has 1 fully saturated rings. The number of rotatable bonds is 1. The van der Waals surface area contributed by atoms with Crippen molar-refractivity contribution in [1.82, 2.24) is 9.97 Å². The number of hydrogen-bond donors (Lipinski definition) is 0. The molecule has 0 radical (unpaired) electrons. The smallest absolute Gasteiger partial charge is 0.225 e. The summed E-state index contributed by atoms with van der Waals surface area (Å²) in [6, 6.07) is 8.33. The molecule has 1 aliphatic rings. The van der Waals surface area contributed by atoms with E-state index in [1.165, 1.54) is 0 Å². The molecule has 0 unspecified atom stereocenters. The van der Waals surface area contributed by atoms with Crippen LogP contribution < -0.4 is 4.90 Å². The van der Waals surface area contributed by atoms with E-state index < -0.39 is 0 Å². The van der Waals surface area contributed by atoms with E-state index in [9.17, 15) is 0 Å². The zero-order valence-electron chi connectivity index (χ0n) is 10.4. The quantitative estimate of drug-likeness (QED) is 0.811. The predicted molar refractivity (Wildman–Crippen MR) is 77.8 cm³/mol. The van der Waals surface area contributed by atoms with Crippen LogP contribution in [-0.4, -0.2) is 23.1 Å².